The average molecular weight is 440 g/mol. The first-order valence-corrected chi connectivity index (χ1v) is 11.3. The van der Waals surface area contributed by atoms with Gasteiger partial charge in [0.2, 0.25) is 0 Å². The topological polar surface area (TPSA) is 81.7 Å². The predicted octanol–water partition coefficient (Wildman–Crippen LogP) is 4.16. The number of carbonyl (C=O) groups is 1. The second-order valence-corrected chi connectivity index (χ2v) is 8.52. The lowest BCUT2D eigenvalue weighted by molar-refractivity contribution is -0.145. The number of hydrogen-bond donors (Lipinski definition) is 1. The first kappa shape index (κ1) is 22.5. The van der Waals surface area contributed by atoms with E-state index in [4.69, 9.17) is 8.92 Å². The molecule has 0 amide bonds. The summed E-state index contributed by atoms with van der Waals surface area (Å²) in [6, 6.07) is 21.8. The highest BCUT2D eigenvalue weighted by Gasteiger charge is 2.22. The largest absolute Gasteiger partial charge is 0.465 e. The molecule has 1 N–H and O–H groups in total. The van der Waals surface area contributed by atoms with Gasteiger partial charge in [0.25, 0.3) is 0 Å². The third-order valence-corrected chi connectivity index (χ3v) is 5.87. The number of ether oxygens (including phenoxy) is 1. The van der Waals surface area contributed by atoms with Gasteiger partial charge in [-0.3, -0.25) is 5.32 Å². The summed E-state index contributed by atoms with van der Waals surface area (Å²) in [5, 5.41) is 3.20. The van der Waals surface area contributed by atoms with E-state index in [9.17, 15) is 13.2 Å². The molecule has 7 heteroatoms. The van der Waals surface area contributed by atoms with Crippen molar-refractivity contribution in [1.82, 2.24) is 5.32 Å². The van der Waals surface area contributed by atoms with Crippen molar-refractivity contribution in [3.63, 3.8) is 0 Å². The van der Waals surface area contributed by atoms with Gasteiger partial charge in [-0.25, -0.2) is 4.79 Å². The van der Waals surface area contributed by atoms with Gasteiger partial charge in [-0.15, -0.1) is 0 Å². The summed E-state index contributed by atoms with van der Waals surface area (Å²) >= 11 is 0. The zero-order chi connectivity index (χ0) is 22.3. The normalized spacial score (nSPS) is 12.2. The molecule has 0 bridgehead atoms. The number of benzene rings is 3. The molecule has 0 aliphatic heterocycles. The van der Waals surface area contributed by atoms with Crippen LogP contribution in [0.25, 0.3) is 0 Å². The van der Waals surface area contributed by atoms with Gasteiger partial charge in [-0.05, 0) is 49.2 Å². The van der Waals surface area contributed by atoms with Crippen molar-refractivity contribution < 1.29 is 22.1 Å². The van der Waals surface area contributed by atoms with E-state index in [-0.39, 0.29) is 17.3 Å². The quantitative estimate of drug-likeness (QED) is 0.398. The second-order valence-electron chi connectivity index (χ2n) is 6.97. The van der Waals surface area contributed by atoms with Crippen LogP contribution in [0.2, 0.25) is 0 Å². The van der Waals surface area contributed by atoms with E-state index in [2.05, 4.69) is 5.32 Å². The SMILES string of the molecule is CCOC(=O)C(NCc1ccccc1)c1ccc(OS(=O)(=O)c2ccc(C)cc2)cc1. The zero-order valence-electron chi connectivity index (χ0n) is 17.4. The molecular weight excluding hydrogens is 414 g/mol. The Labute approximate surface area is 183 Å². The molecule has 0 saturated carbocycles. The summed E-state index contributed by atoms with van der Waals surface area (Å²) in [5.74, 6) is -0.241. The van der Waals surface area contributed by atoms with E-state index in [0.29, 0.717) is 12.1 Å². The zero-order valence-corrected chi connectivity index (χ0v) is 18.3. The summed E-state index contributed by atoms with van der Waals surface area (Å²) in [5.41, 5.74) is 2.63. The third kappa shape index (κ3) is 6.16. The molecule has 31 heavy (non-hydrogen) atoms. The number of nitrogens with one attached hydrogen (secondary N) is 1. The molecule has 3 aromatic rings. The Kier molecular flexibility index (Phi) is 7.44. The van der Waals surface area contributed by atoms with Crippen molar-refractivity contribution in [1.29, 1.82) is 0 Å². The lowest BCUT2D eigenvalue weighted by Gasteiger charge is -2.18. The molecular formula is C24H25NO5S. The molecule has 0 spiro atoms. The van der Waals surface area contributed by atoms with Gasteiger partial charge < -0.3 is 8.92 Å². The molecule has 0 radical (unpaired) electrons. The van der Waals surface area contributed by atoms with Crippen LogP contribution in [0.4, 0.5) is 0 Å². The van der Waals surface area contributed by atoms with Gasteiger partial charge in [0.1, 0.15) is 16.7 Å². The van der Waals surface area contributed by atoms with Crippen LogP contribution < -0.4 is 9.50 Å². The highest BCUT2D eigenvalue weighted by atomic mass is 32.2. The maximum Gasteiger partial charge on any atom is 0.339 e. The van der Waals surface area contributed by atoms with Crippen molar-refractivity contribution in [2.45, 2.75) is 31.3 Å². The number of esters is 1. The van der Waals surface area contributed by atoms with E-state index in [1.165, 1.54) is 24.3 Å². The van der Waals surface area contributed by atoms with Crippen molar-refractivity contribution in [2.24, 2.45) is 0 Å². The minimum Gasteiger partial charge on any atom is -0.465 e. The Bertz CT molecular complexity index is 1090. The first-order chi connectivity index (χ1) is 14.9. The van der Waals surface area contributed by atoms with E-state index in [0.717, 1.165) is 11.1 Å². The first-order valence-electron chi connectivity index (χ1n) is 9.94. The van der Waals surface area contributed by atoms with Crippen LogP contribution in [0.5, 0.6) is 5.75 Å². The monoisotopic (exact) mass is 439 g/mol. The molecule has 162 valence electrons. The third-order valence-electron chi connectivity index (χ3n) is 4.60. The molecule has 3 aromatic carbocycles. The fraction of sp³-hybridized carbons (Fsp3) is 0.208. The lowest BCUT2D eigenvalue weighted by Crippen LogP contribution is -2.30. The minimum absolute atomic E-state index is 0.0797. The fourth-order valence-corrected chi connectivity index (χ4v) is 3.90. The standard InChI is InChI=1S/C24H25NO5S/c1-3-29-24(26)23(25-17-19-7-5-4-6-8-19)20-11-13-21(14-12-20)30-31(27,28)22-15-9-18(2)10-16-22/h4-16,23,25H,3,17H2,1-2H3. The van der Waals surface area contributed by atoms with Crippen LogP contribution >= 0.6 is 0 Å². The minimum atomic E-state index is -3.94. The van der Waals surface area contributed by atoms with Gasteiger partial charge in [-0.1, -0.05) is 60.2 Å². The summed E-state index contributed by atoms with van der Waals surface area (Å²) in [6.45, 7) is 4.36. The van der Waals surface area contributed by atoms with Crippen LogP contribution in [0.3, 0.4) is 0 Å². The smallest absolute Gasteiger partial charge is 0.339 e. The Hall–Kier alpha value is -3.16. The maximum absolute atomic E-state index is 12.5. The van der Waals surface area contributed by atoms with Crippen LogP contribution in [0.1, 0.15) is 29.7 Å². The molecule has 0 saturated heterocycles. The maximum atomic E-state index is 12.5. The molecule has 6 nitrogen and oxygen atoms in total. The van der Waals surface area contributed by atoms with Crippen molar-refractivity contribution in [3.05, 3.63) is 95.6 Å². The summed E-state index contributed by atoms with van der Waals surface area (Å²) in [4.78, 5) is 12.6. The van der Waals surface area contributed by atoms with E-state index in [1.807, 2.05) is 37.3 Å². The van der Waals surface area contributed by atoms with Gasteiger partial charge in [0, 0.05) is 6.54 Å². The lowest BCUT2D eigenvalue weighted by atomic mass is 10.1. The molecule has 0 fully saturated rings. The summed E-state index contributed by atoms with van der Waals surface area (Å²) < 4.78 is 35.4. The Morgan fingerprint density at radius 1 is 0.935 bits per heavy atom. The molecule has 1 unspecified atom stereocenters. The van der Waals surface area contributed by atoms with E-state index < -0.39 is 22.1 Å². The Morgan fingerprint density at radius 2 is 1.58 bits per heavy atom. The van der Waals surface area contributed by atoms with E-state index >= 15 is 0 Å². The van der Waals surface area contributed by atoms with Crippen molar-refractivity contribution in [2.75, 3.05) is 6.61 Å². The number of carbonyl (C=O) groups excluding carboxylic acids is 1. The number of aryl methyl sites for hydroxylation is 1. The average Bonchev–Trinajstić information content (AvgIpc) is 2.76. The molecule has 0 aliphatic carbocycles. The highest BCUT2D eigenvalue weighted by molar-refractivity contribution is 7.87. The summed E-state index contributed by atoms with van der Waals surface area (Å²) in [6.07, 6.45) is 0. The second kappa shape index (κ2) is 10.2. The molecule has 0 heterocycles. The molecule has 3 rings (SSSR count). The number of rotatable bonds is 9. The van der Waals surface area contributed by atoms with Gasteiger partial charge in [-0.2, -0.15) is 8.42 Å². The van der Waals surface area contributed by atoms with Gasteiger partial charge in [0.05, 0.1) is 6.61 Å². The van der Waals surface area contributed by atoms with E-state index in [1.54, 1.807) is 31.2 Å². The van der Waals surface area contributed by atoms with Gasteiger partial charge in [0.15, 0.2) is 0 Å². The van der Waals surface area contributed by atoms with Crippen LogP contribution in [0.15, 0.2) is 83.8 Å². The van der Waals surface area contributed by atoms with Crippen molar-refractivity contribution >= 4 is 16.1 Å². The van der Waals surface area contributed by atoms with Crippen molar-refractivity contribution in [3.8, 4) is 5.75 Å². The van der Waals surface area contributed by atoms with Crippen LogP contribution in [0, 0.1) is 6.92 Å². The van der Waals surface area contributed by atoms with Crippen LogP contribution in [-0.2, 0) is 26.2 Å². The highest BCUT2D eigenvalue weighted by Crippen LogP contribution is 2.23. The Morgan fingerprint density at radius 3 is 2.19 bits per heavy atom. The predicted molar refractivity (Wildman–Crippen MR) is 118 cm³/mol. The fourth-order valence-electron chi connectivity index (χ4n) is 2.97. The molecule has 1 atom stereocenters. The Balaban J connectivity index is 1.75. The van der Waals surface area contributed by atoms with Gasteiger partial charge >= 0.3 is 16.1 Å². The molecule has 0 aliphatic rings. The summed E-state index contributed by atoms with van der Waals surface area (Å²) in [7, 11) is -3.94. The molecule has 0 aromatic heterocycles. The number of hydrogen-bond acceptors (Lipinski definition) is 6. The van der Waals surface area contributed by atoms with Crippen LogP contribution in [-0.4, -0.2) is 21.0 Å².